The van der Waals surface area contributed by atoms with E-state index in [0.717, 1.165) is 21.8 Å². The van der Waals surface area contributed by atoms with E-state index in [2.05, 4.69) is 37.2 Å². The molecule has 1 heterocycles. The normalized spacial score (nSPS) is 14.2. The average Bonchev–Trinajstić information content (AvgIpc) is 3.13. The number of halogens is 3. The Balaban J connectivity index is 1.49. The number of nitrogens with one attached hydrogen (secondary N) is 1. The van der Waals surface area contributed by atoms with Gasteiger partial charge in [-0.25, -0.2) is 0 Å². The lowest BCUT2D eigenvalue weighted by Crippen LogP contribution is -2.27. The Hall–Kier alpha value is -2.79. The van der Waals surface area contributed by atoms with Gasteiger partial charge in [0.05, 0.1) is 33.2 Å². The standard InChI is InChI=1S/C27H21Br2ClN2O5S/c1-2-36-22-12-17(11-19(29)25(22)37-15-24(33)31-21-6-4-3-5-20(21)30)13-23-26(34)32(27(35)38-23)14-16-7-9-18(28)10-8-16/h3-13H,2,14-15H2,1H3,(H,31,33)/b23-13-. The van der Waals surface area contributed by atoms with Crippen LogP contribution in [0.5, 0.6) is 11.5 Å². The Morgan fingerprint density at radius 3 is 2.53 bits per heavy atom. The lowest BCUT2D eigenvalue weighted by atomic mass is 10.1. The quantitative estimate of drug-likeness (QED) is 0.236. The van der Waals surface area contributed by atoms with Crippen LogP contribution < -0.4 is 14.8 Å². The first kappa shape index (κ1) is 28.2. The Labute approximate surface area is 245 Å². The van der Waals surface area contributed by atoms with Gasteiger partial charge in [0.15, 0.2) is 18.1 Å². The summed E-state index contributed by atoms with van der Waals surface area (Å²) in [6.45, 7) is 2.08. The van der Waals surface area contributed by atoms with Crippen molar-refractivity contribution in [3.63, 3.8) is 0 Å². The number of ether oxygens (including phenoxy) is 2. The highest BCUT2D eigenvalue weighted by atomic mass is 79.9. The molecule has 7 nitrogen and oxygen atoms in total. The first-order chi connectivity index (χ1) is 18.2. The highest BCUT2D eigenvalue weighted by Crippen LogP contribution is 2.39. The first-order valence-corrected chi connectivity index (χ1v) is 14.2. The maximum absolute atomic E-state index is 13.0. The summed E-state index contributed by atoms with van der Waals surface area (Å²) in [6, 6.07) is 17.8. The number of rotatable bonds is 9. The van der Waals surface area contributed by atoms with Crippen LogP contribution >= 0.6 is 55.2 Å². The molecule has 0 bridgehead atoms. The third kappa shape index (κ3) is 6.99. The van der Waals surface area contributed by atoms with E-state index in [1.807, 2.05) is 31.2 Å². The molecule has 1 aliphatic rings. The van der Waals surface area contributed by atoms with Crippen molar-refractivity contribution >= 4 is 84.0 Å². The Morgan fingerprint density at radius 2 is 1.82 bits per heavy atom. The highest BCUT2D eigenvalue weighted by Gasteiger charge is 2.35. The largest absolute Gasteiger partial charge is 0.490 e. The maximum Gasteiger partial charge on any atom is 0.293 e. The van der Waals surface area contributed by atoms with Crippen LogP contribution in [-0.2, 0) is 16.1 Å². The number of imide groups is 1. The number of para-hydroxylation sites is 1. The summed E-state index contributed by atoms with van der Waals surface area (Å²) < 4.78 is 12.9. The summed E-state index contributed by atoms with van der Waals surface area (Å²) >= 11 is 13.8. The molecule has 0 unspecified atom stereocenters. The molecule has 38 heavy (non-hydrogen) atoms. The molecule has 1 fully saturated rings. The van der Waals surface area contributed by atoms with Gasteiger partial charge in [-0.15, -0.1) is 0 Å². The zero-order valence-electron chi connectivity index (χ0n) is 20.0. The average molecular weight is 681 g/mol. The summed E-state index contributed by atoms with van der Waals surface area (Å²) in [6.07, 6.45) is 1.63. The molecule has 3 aromatic carbocycles. The van der Waals surface area contributed by atoms with E-state index in [9.17, 15) is 14.4 Å². The van der Waals surface area contributed by atoms with Crippen LogP contribution in [-0.4, -0.2) is 35.2 Å². The Kier molecular flexibility index (Phi) is 9.54. The maximum atomic E-state index is 13.0. The number of carbonyl (C=O) groups excluding carboxylic acids is 3. The molecule has 11 heteroatoms. The third-order valence-electron chi connectivity index (χ3n) is 5.25. The van der Waals surface area contributed by atoms with Gasteiger partial charge < -0.3 is 14.8 Å². The van der Waals surface area contributed by atoms with Gasteiger partial charge in [0.1, 0.15) is 0 Å². The molecule has 0 spiro atoms. The van der Waals surface area contributed by atoms with Gasteiger partial charge in [0.2, 0.25) is 0 Å². The number of carbonyl (C=O) groups is 3. The van der Waals surface area contributed by atoms with E-state index in [-0.39, 0.29) is 24.3 Å². The molecule has 0 radical (unpaired) electrons. The fourth-order valence-corrected chi connectivity index (χ4v) is 5.38. The van der Waals surface area contributed by atoms with E-state index in [0.29, 0.717) is 43.8 Å². The Morgan fingerprint density at radius 1 is 1.08 bits per heavy atom. The van der Waals surface area contributed by atoms with Crippen molar-refractivity contribution in [3.8, 4) is 11.5 Å². The number of thioether (sulfide) groups is 1. The number of amides is 3. The molecule has 1 aliphatic heterocycles. The molecule has 0 aliphatic carbocycles. The van der Waals surface area contributed by atoms with Gasteiger partial charge >= 0.3 is 0 Å². The fraction of sp³-hybridized carbons (Fsp3) is 0.148. The van der Waals surface area contributed by atoms with Crippen LogP contribution in [0.2, 0.25) is 5.02 Å². The number of benzene rings is 3. The molecule has 196 valence electrons. The minimum absolute atomic E-state index is 0.187. The van der Waals surface area contributed by atoms with Crippen LogP contribution in [0.1, 0.15) is 18.1 Å². The first-order valence-electron chi connectivity index (χ1n) is 11.4. The molecule has 0 saturated carbocycles. The fourth-order valence-electron chi connectivity index (χ4n) is 3.52. The van der Waals surface area contributed by atoms with Gasteiger partial charge in [-0.05, 0) is 88.2 Å². The second-order valence-corrected chi connectivity index (χ2v) is 11.1. The minimum Gasteiger partial charge on any atom is -0.490 e. The molecule has 0 aromatic heterocycles. The molecule has 4 rings (SSSR count). The van der Waals surface area contributed by atoms with Crippen molar-refractivity contribution in [1.29, 1.82) is 0 Å². The van der Waals surface area contributed by atoms with E-state index in [4.69, 9.17) is 21.1 Å². The van der Waals surface area contributed by atoms with Gasteiger partial charge in [0.25, 0.3) is 17.1 Å². The Bertz CT molecular complexity index is 1420. The number of hydrogen-bond donors (Lipinski definition) is 1. The van der Waals surface area contributed by atoms with Gasteiger partial charge in [-0.2, -0.15) is 0 Å². The predicted molar refractivity (Wildman–Crippen MR) is 157 cm³/mol. The predicted octanol–water partition coefficient (Wildman–Crippen LogP) is 7.52. The van der Waals surface area contributed by atoms with Crippen LogP contribution in [0.25, 0.3) is 6.08 Å². The van der Waals surface area contributed by atoms with Crippen LogP contribution in [0.3, 0.4) is 0 Å². The van der Waals surface area contributed by atoms with E-state index >= 15 is 0 Å². The van der Waals surface area contributed by atoms with Crippen molar-refractivity contribution in [2.45, 2.75) is 13.5 Å². The van der Waals surface area contributed by atoms with Crippen LogP contribution in [0, 0.1) is 0 Å². The van der Waals surface area contributed by atoms with Crippen molar-refractivity contribution < 1.29 is 23.9 Å². The van der Waals surface area contributed by atoms with Crippen molar-refractivity contribution in [2.24, 2.45) is 0 Å². The molecule has 3 amide bonds. The molecule has 0 atom stereocenters. The van der Waals surface area contributed by atoms with Gasteiger partial charge in [0, 0.05) is 4.47 Å². The van der Waals surface area contributed by atoms with Gasteiger partial charge in [-0.3, -0.25) is 19.3 Å². The van der Waals surface area contributed by atoms with Crippen molar-refractivity contribution in [3.05, 3.63) is 90.7 Å². The summed E-state index contributed by atoms with van der Waals surface area (Å²) in [4.78, 5) is 39.5. The summed E-state index contributed by atoms with van der Waals surface area (Å²) in [5, 5.41) is 2.79. The molecule has 1 saturated heterocycles. The summed E-state index contributed by atoms with van der Waals surface area (Å²) in [7, 11) is 0. The highest BCUT2D eigenvalue weighted by molar-refractivity contribution is 9.10. The number of anilines is 1. The third-order valence-corrected chi connectivity index (χ3v) is 7.61. The van der Waals surface area contributed by atoms with E-state index in [1.165, 1.54) is 4.90 Å². The van der Waals surface area contributed by atoms with E-state index in [1.54, 1.807) is 42.5 Å². The van der Waals surface area contributed by atoms with Crippen LogP contribution in [0.15, 0.2) is 74.5 Å². The summed E-state index contributed by atoms with van der Waals surface area (Å²) in [5.41, 5.74) is 1.96. The number of nitrogens with zero attached hydrogens (tertiary/aromatic N) is 1. The lowest BCUT2D eigenvalue weighted by molar-refractivity contribution is -0.123. The van der Waals surface area contributed by atoms with E-state index < -0.39 is 5.91 Å². The molecular formula is C27H21Br2ClN2O5S. The SMILES string of the molecule is CCOc1cc(/C=C2\SC(=O)N(Cc3ccc(Br)cc3)C2=O)cc(Br)c1OCC(=O)Nc1ccccc1Cl. The monoisotopic (exact) mass is 678 g/mol. The smallest absolute Gasteiger partial charge is 0.293 e. The zero-order chi connectivity index (χ0) is 27.2. The zero-order valence-corrected chi connectivity index (χ0v) is 24.7. The lowest BCUT2D eigenvalue weighted by Gasteiger charge is -2.15. The summed E-state index contributed by atoms with van der Waals surface area (Å²) in [5.74, 6) is -0.0426. The molecular weight excluding hydrogens is 660 g/mol. The van der Waals surface area contributed by atoms with Crippen molar-refractivity contribution in [2.75, 3.05) is 18.5 Å². The minimum atomic E-state index is -0.393. The van der Waals surface area contributed by atoms with Crippen LogP contribution in [0.4, 0.5) is 10.5 Å². The second-order valence-electron chi connectivity index (χ2n) is 7.97. The van der Waals surface area contributed by atoms with Crippen molar-refractivity contribution in [1.82, 2.24) is 4.90 Å². The molecule has 1 N–H and O–H groups in total. The second kappa shape index (κ2) is 12.8. The number of hydrogen-bond acceptors (Lipinski definition) is 6. The topological polar surface area (TPSA) is 84.9 Å². The molecule has 3 aromatic rings. The van der Waals surface area contributed by atoms with Gasteiger partial charge in [-0.1, -0.05) is 51.8 Å².